The molecular weight excluding hydrogens is 314 g/mol. The molecule has 0 radical (unpaired) electrons. The molecule has 0 spiro atoms. The van der Waals surface area contributed by atoms with Crippen molar-refractivity contribution in [3.05, 3.63) is 71.5 Å². The molecule has 1 aliphatic heterocycles. The molecule has 2 heterocycles. The summed E-state index contributed by atoms with van der Waals surface area (Å²) in [5.41, 5.74) is 3.18. The Hall–Kier alpha value is -2.95. The maximum Gasteiger partial charge on any atom is 0.257 e. The summed E-state index contributed by atoms with van der Waals surface area (Å²) in [6, 6.07) is 18.0. The van der Waals surface area contributed by atoms with Gasteiger partial charge in [-0.15, -0.1) is 0 Å². The van der Waals surface area contributed by atoms with E-state index in [1.165, 1.54) is 0 Å². The summed E-state index contributed by atoms with van der Waals surface area (Å²) in [7, 11) is 0. The van der Waals surface area contributed by atoms with Crippen LogP contribution in [0.1, 0.15) is 29.3 Å². The molecule has 0 aliphatic carbocycles. The summed E-state index contributed by atoms with van der Waals surface area (Å²) >= 11 is 0. The van der Waals surface area contributed by atoms with Crippen LogP contribution in [0.15, 0.2) is 59.1 Å². The van der Waals surface area contributed by atoms with Crippen molar-refractivity contribution in [1.29, 1.82) is 0 Å². The maximum atomic E-state index is 12.3. The van der Waals surface area contributed by atoms with Crippen LogP contribution in [0.2, 0.25) is 0 Å². The maximum absolute atomic E-state index is 12.3. The summed E-state index contributed by atoms with van der Waals surface area (Å²) in [5.74, 6) is 1.24. The first-order chi connectivity index (χ1) is 12.2. The fraction of sp³-hybridized carbons (Fsp3) is 0.250. The zero-order chi connectivity index (χ0) is 17.2. The highest BCUT2D eigenvalue weighted by Gasteiger charge is 2.33. The minimum atomic E-state index is -0.0153. The second-order valence-electron chi connectivity index (χ2n) is 6.49. The van der Waals surface area contributed by atoms with Crippen molar-refractivity contribution in [2.45, 2.75) is 25.8 Å². The topological polar surface area (TPSA) is 59.2 Å². The summed E-state index contributed by atoms with van der Waals surface area (Å²) in [6.45, 7) is 3.27. The lowest BCUT2D eigenvalue weighted by Gasteiger charge is -2.15. The predicted molar refractivity (Wildman–Crippen MR) is 93.7 cm³/mol. The zero-order valence-electron chi connectivity index (χ0n) is 14.1. The highest BCUT2D eigenvalue weighted by molar-refractivity contribution is 5.79. The molecule has 2 aromatic carbocycles. The number of carbonyl (C=O) groups excluding carboxylic acids is 1. The molecule has 0 N–H and O–H groups in total. The minimum absolute atomic E-state index is 0.0153. The Morgan fingerprint density at radius 3 is 2.80 bits per heavy atom. The monoisotopic (exact) mass is 333 g/mol. The third kappa shape index (κ3) is 3.31. The van der Waals surface area contributed by atoms with Crippen LogP contribution in [0.25, 0.3) is 11.5 Å². The number of aromatic nitrogens is 2. The van der Waals surface area contributed by atoms with Gasteiger partial charge in [0.25, 0.3) is 5.89 Å². The van der Waals surface area contributed by atoms with E-state index in [9.17, 15) is 4.79 Å². The molecule has 5 nitrogen and oxygen atoms in total. The quantitative estimate of drug-likeness (QED) is 0.732. The number of likely N-dealkylation sites (tertiary alicyclic amines) is 1. The molecule has 0 saturated carbocycles. The van der Waals surface area contributed by atoms with Gasteiger partial charge >= 0.3 is 0 Å². The summed E-state index contributed by atoms with van der Waals surface area (Å²) in [6.07, 6.45) is 0.430. The van der Waals surface area contributed by atoms with Crippen LogP contribution in [-0.2, 0) is 11.3 Å². The predicted octanol–water partition coefficient (Wildman–Crippen LogP) is 3.56. The SMILES string of the molecule is Cc1cccc(-c2nc([C@@H]3CC(=O)N(Cc4ccccc4)C3)no2)c1. The van der Waals surface area contributed by atoms with Crippen LogP contribution in [-0.4, -0.2) is 27.5 Å². The summed E-state index contributed by atoms with van der Waals surface area (Å²) in [5, 5.41) is 4.12. The Morgan fingerprint density at radius 2 is 2.00 bits per heavy atom. The Morgan fingerprint density at radius 1 is 1.16 bits per heavy atom. The van der Waals surface area contributed by atoms with E-state index in [-0.39, 0.29) is 11.8 Å². The van der Waals surface area contributed by atoms with Gasteiger partial charge in [-0.3, -0.25) is 4.79 Å². The zero-order valence-corrected chi connectivity index (χ0v) is 14.1. The van der Waals surface area contributed by atoms with Crippen LogP contribution in [0.5, 0.6) is 0 Å². The molecule has 1 amide bonds. The number of nitrogens with zero attached hydrogens (tertiary/aromatic N) is 3. The second-order valence-corrected chi connectivity index (χ2v) is 6.49. The molecule has 126 valence electrons. The number of hydrogen-bond donors (Lipinski definition) is 0. The number of benzene rings is 2. The Kier molecular flexibility index (Phi) is 4.06. The van der Waals surface area contributed by atoms with Crippen molar-refractivity contribution >= 4 is 5.91 Å². The van der Waals surface area contributed by atoms with E-state index in [4.69, 9.17) is 4.52 Å². The molecule has 1 aliphatic rings. The molecule has 3 aromatic rings. The number of aryl methyl sites for hydroxylation is 1. The first-order valence-electron chi connectivity index (χ1n) is 8.41. The van der Waals surface area contributed by atoms with Gasteiger partial charge in [-0.1, -0.05) is 53.2 Å². The largest absolute Gasteiger partial charge is 0.338 e. The molecule has 1 atom stereocenters. The highest BCUT2D eigenvalue weighted by Crippen LogP contribution is 2.29. The molecule has 1 fully saturated rings. The smallest absolute Gasteiger partial charge is 0.257 e. The Balaban J connectivity index is 1.49. The first-order valence-corrected chi connectivity index (χ1v) is 8.41. The van der Waals surface area contributed by atoms with Gasteiger partial charge in [-0.2, -0.15) is 4.98 Å². The van der Waals surface area contributed by atoms with Gasteiger partial charge in [-0.05, 0) is 24.6 Å². The van der Waals surface area contributed by atoms with Gasteiger partial charge in [0.15, 0.2) is 5.82 Å². The van der Waals surface area contributed by atoms with Crippen molar-refractivity contribution in [1.82, 2.24) is 15.0 Å². The normalized spacial score (nSPS) is 17.2. The fourth-order valence-electron chi connectivity index (χ4n) is 3.20. The second kappa shape index (κ2) is 6.51. The van der Waals surface area contributed by atoms with Gasteiger partial charge < -0.3 is 9.42 Å². The third-order valence-electron chi connectivity index (χ3n) is 4.50. The van der Waals surface area contributed by atoms with E-state index < -0.39 is 0 Å². The van der Waals surface area contributed by atoms with E-state index in [0.29, 0.717) is 31.2 Å². The Labute approximate surface area is 146 Å². The van der Waals surface area contributed by atoms with E-state index >= 15 is 0 Å². The van der Waals surface area contributed by atoms with Crippen molar-refractivity contribution < 1.29 is 9.32 Å². The number of hydrogen-bond acceptors (Lipinski definition) is 4. The van der Waals surface area contributed by atoms with Crippen molar-refractivity contribution in [3.8, 4) is 11.5 Å². The lowest BCUT2D eigenvalue weighted by molar-refractivity contribution is -0.128. The minimum Gasteiger partial charge on any atom is -0.338 e. The third-order valence-corrected chi connectivity index (χ3v) is 4.50. The highest BCUT2D eigenvalue weighted by atomic mass is 16.5. The van der Waals surface area contributed by atoms with Crippen molar-refractivity contribution in [3.63, 3.8) is 0 Å². The van der Waals surface area contributed by atoms with Crippen LogP contribution in [0.4, 0.5) is 0 Å². The van der Waals surface area contributed by atoms with E-state index in [1.54, 1.807) is 0 Å². The van der Waals surface area contributed by atoms with Gasteiger partial charge in [-0.25, -0.2) is 0 Å². The van der Waals surface area contributed by atoms with Crippen LogP contribution in [0.3, 0.4) is 0 Å². The average molecular weight is 333 g/mol. The van der Waals surface area contributed by atoms with Crippen LogP contribution >= 0.6 is 0 Å². The molecule has 5 heteroatoms. The summed E-state index contributed by atoms with van der Waals surface area (Å²) in [4.78, 5) is 18.7. The van der Waals surface area contributed by atoms with Gasteiger partial charge in [0.1, 0.15) is 0 Å². The molecule has 0 unspecified atom stereocenters. The van der Waals surface area contributed by atoms with Crippen molar-refractivity contribution in [2.24, 2.45) is 0 Å². The molecule has 4 rings (SSSR count). The molecule has 1 aromatic heterocycles. The lowest BCUT2D eigenvalue weighted by Crippen LogP contribution is -2.24. The molecule has 25 heavy (non-hydrogen) atoms. The molecular formula is C20H19N3O2. The van der Waals surface area contributed by atoms with Gasteiger partial charge in [0.2, 0.25) is 5.91 Å². The fourth-order valence-corrected chi connectivity index (χ4v) is 3.20. The Bertz CT molecular complexity index is 889. The lowest BCUT2D eigenvalue weighted by atomic mass is 10.1. The van der Waals surface area contributed by atoms with E-state index in [1.807, 2.05) is 66.4 Å². The van der Waals surface area contributed by atoms with E-state index in [2.05, 4.69) is 10.1 Å². The summed E-state index contributed by atoms with van der Waals surface area (Å²) < 4.78 is 5.42. The van der Waals surface area contributed by atoms with E-state index in [0.717, 1.165) is 16.7 Å². The van der Waals surface area contributed by atoms with Crippen molar-refractivity contribution in [2.75, 3.05) is 6.54 Å². The first kappa shape index (κ1) is 15.6. The molecule has 0 bridgehead atoms. The number of amides is 1. The number of carbonyl (C=O) groups is 1. The van der Waals surface area contributed by atoms with Gasteiger partial charge in [0, 0.05) is 31.0 Å². The van der Waals surface area contributed by atoms with Crippen LogP contribution < -0.4 is 0 Å². The molecule has 1 saturated heterocycles. The number of rotatable bonds is 4. The van der Waals surface area contributed by atoms with Crippen LogP contribution in [0, 0.1) is 6.92 Å². The van der Waals surface area contributed by atoms with Gasteiger partial charge in [0.05, 0.1) is 0 Å². The average Bonchev–Trinajstić information content (AvgIpc) is 3.24. The standard InChI is InChI=1S/C20H19N3O2/c1-14-6-5-9-16(10-14)20-21-19(22-25-20)17-11-18(24)23(13-17)12-15-7-3-2-4-8-15/h2-10,17H,11-13H2,1H3/t17-/m1/s1.